The van der Waals surface area contributed by atoms with E-state index in [-0.39, 0.29) is 0 Å². The Morgan fingerprint density at radius 2 is 2.07 bits per heavy atom. The van der Waals surface area contributed by atoms with E-state index in [2.05, 4.69) is 17.5 Å². The standard InChI is InChI=1S/C13H23N/c1-3-7-12(8-4-1)11-13-9-5-2-6-10-14-13/h1,3,12-14H,2,4-11H2. The van der Waals surface area contributed by atoms with Crippen LogP contribution in [0.1, 0.15) is 51.4 Å². The van der Waals surface area contributed by atoms with Gasteiger partial charge in [-0.3, -0.25) is 0 Å². The molecule has 2 unspecified atom stereocenters. The summed E-state index contributed by atoms with van der Waals surface area (Å²) >= 11 is 0. The fourth-order valence-corrected chi connectivity index (χ4v) is 2.77. The number of nitrogens with one attached hydrogen (secondary N) is 1. The number of hydrogen-bond donors (Lipinski definition) is 1. The fourth-order valence-electron chi connectivity index (χ4n) is 2.77. The molecule has 80 valence electrons. The molecule has 1 heteroatoms. The number of allylic oxidation sites excluding steroid dienone is 2. The largest absolute Gasteiger partial charge is 0.314 e. The Labute approximate surface area is 88.0 Å². The van der Waals surface area contributed by atoms with E-state index in [4.69, 9.17) is 0 Å². The van der Waals surface area contributed by atoms with Gasteiger partial charge in [0.2, 0.25) is 0 Å². The van der Waals surface area contributed by atoms with E-state index in [1.807, 2.05) is 0 Å². The van der Waals surface area contributed by atoms with Gasteiger partial charge < -0.3 is 5.32 Å². The lowest BCUT2D eigenvalue weighted by atomic mass is 9.87. The predicted molar refractivity (Wildman–Crippen MR) is 61.4 cm³/mol. The molecule has 0 radical (unpaired) electrons. The maximum atomic E-state index is 3.70. The van der Waals surface area contributed by atoms with Gasteiger partial charge in [-0.15, -0.1) is 0 Å². The summed E-state index contributed by atoms with van der Waals surface area (Å²) in [5, 5.41) is 3.70. The summed E-state index contributed by atoms with van der Waals surface area (Å²) in [5.41, 5.74) is 0. The van der Waals surface area contributed by atoms with Gasteiger partial charge in [0.25, 0.3) is 0 Å². The third-order valence-electron chi connectivity index (χ3n) is 3.66. The zero-order chi connectivity index (χ0) is 9.64. The first-order valence-corrected chi connectivity index (χ1v) is 6.33. The minimum absolute atomic E-state index is 0.828. The van der Waals surface area contributed by atoms with E-state index < -0.39 is 0 Å². The van der Waals surface area contributed by atoms with Crippen LogP contribution in [0.15, 0.2) is 12.2 Å². The molecule has 1 fully saturated rings. The van der Waals surface area contributed by atoms with Crippen molar-refractivity contribution in [3.8, 4) is 0 Å². The van der Waals surface area contributed by atoms with Crippen LogP contribution in [0.25, 0.3) is 0 Å². The van der Waals surface area contributed by atoms with Crippen molar-refractivity contribution < 1.29 is 0 Å². The molecule has 0 aromatic heterocycles. The first-order chi connectivity index (χ1) is 6.95. The summed E-state index contributed by atoms with van der Waals surface area (Å²) < 4.78 is 0. The second-order valence-electron chi connectivity index (χ2n) is 4.89. The Morgan fingerprint density at radius 1 is 1.07 bits per heavy atom. The maximum absolute atomic E-state index is 3.70. The van der Waals surface area contributed by atoms with E-state index in [9.17, 15) is 0 Å². The van der Waals surface area contributed by atoms with Crippen LogP contribution >= 0.6 is 0 Å². The Hall–Kier alpha value is -0.300. The van der Waals surface area contributed by atoms with Gasteiger partial charge in [-0.25, -0.2) is 0 Å². The molecule has 0 bridgehead atoms. The van der Waals surface area contributed by atoms with Gasteiger partial charge in [0, 0.05) is 6.04 Å². The molecule has 0 amide bonds. The van der Waals surface area contributed by atoms with Crippen molar-refractivity contribution in [3.05, 3.63) is 12.2 Å². The molecule has 2 rings (SSSR count). The molecule has 2 aliphatic rings. The molecule has 1 N–H and O–H groups in total. The molecular formula is C13H23N. The Balaban J connectivity index is 1.74. The first kappa shape index (κ1) is 10.2. The van der Waals surface area contributed by atoms with Crippen LogP contribution in [0, 0.1) is 5.92 Å². The molecule has 0 aromatic carbocycles. The zero-order valence-electron chi connectivity index (χ0n) is 9.17. The van der Waals surface area contributed by atoms with Gasteiger partial charge in [-0.2, -0.15) is 0 Å². The second-order valence-corrected chi connectivity index (χ2v) is 4.89. The van der Waals surface area contributed by atoms with Gasteiger partial charge >= 0.3 is 0 Å². The smallest absolute Gasteiger partial charge is 0.00698 e. The third-order valence-corrected chi connectivity index (χ3v) is 3.66. The van der Waals surface area contributed by atoms with Gasteiger partial charge in [0.15, 0.2) is 0 Å². The molecule has 1 saturated heterocycles. The molecule has 0 saturated carbocycles. The summed E-state index contributed by atoms with van der Waals surface area (Å²) in [6.07, 6.45) is 15.9. The summed E-state index contributed by atoms with van der Waals surface area (Å²) in [6, 6.07) is 0.828. The SMILES string of the molecule is C1=CCC(CC2CCCCCN2)CC1. The highest BCUT2D eigenvalue weighted by Gasteiger charge is 2.17. The molecule has 1 heterocycles. The first-order valence-electron chi connectivity index (χ1n) is 6.33. The van der Waals surface area contributed by atoms with Crippen molar-refractivity contribution in [2.45, 2.75) is 57.4 Å². The molecular weight excluding hydrogens is 170 g/mol. The molecule has 0 spiro atoms. The highest BCUT2D eigenvalue weighted by Crippen LogP contribution is 2.25. The van der Waals surface area contributed by atoms with Crippen molar-refractivity contribution in [2.75, 3.05) is 6.54 Å². The lowest BCUT2D eigenvalue weighted by molar-refractivity contribution is 0.357. The van der Waals surface area contributed by atoms with Crippen LogP contribution in [-0.4, -0.2) is 12.6 Å². The normalized spacial score (nSPS) is 34.0. The van der Waals surface area contributed by atoms with Crippen LogP contribution in [0.4, 0.5) is 0 Å². The summed E-state index contributed by atoms with van der Waals surface area (Å²) in [6.45, 7) is 1.26. The Bertz CT molecular complexity index is 178. The van der Waals surface area contributed by atoms with Crippen molar-refractivity contribution >= 4 is 0 Å². The van der Waals surface area contributed by atoms with Crippen molar-refractivity contribution in [3.63, 3.8) is 0 Å². The van der Waals surface area contributed by atoms with Crippen molar-refractivity contribution in [1.82, 2.24) is 5.32 Å². The van der Waals surface area contributed by atoms with Gasteiger partial charge in [0.1, 0.15) is 0 Å². The molecule has 1 nitrogen and oxygen atoms in total. The Morgan fingerprint density at radius 3 is 2.93 bits per heavy atom. The molecule has 14 heavy (non-hydrogen) atoms. The van der Waals surface area contributed by atoms with E-state index in [0.29, 0.717) is 0 Å². The van der Waals surface area contributed by atoms with Gasteiger partial charge in [-0.05, 0) is 51.0 Å². The molecule has 0 aromatic rings. The zero-order valence-corrected chi connectivity index (χ0v) is 9.17. The predicted octanol–water partition coefficient (Wildman–Crippen LogP) is 3.27. The maximum Gasteiger partial charge on any atom is 0.00698 e. The van der Waals surface area contributed by atoms with E-state index in [1.54, 1.807) is 0 Å². The highest BCUT2D eigenvalue weighted by atomic mass is 14.9. The van der Waals surface area contributed by atoms with Crippen LogP contribution in [0.5, 0.6) is 0 Å². The summed E-state index contributed by atoms with van der Waals surface area (Å²) in [7, 11) is 0. The number of rotatable bonds is 2. The average molecular weight is 193 g/mol. The minimum Gasteiger partial charge on any atom is -0.314 e. The average Bonchev–Trinajstić information content (AvgIpc) is 2.48. The topological polar surface area (TPSA) is 12.0 Å². The van der Waals surface area contributed by atoms with Crippen LogP contribution in [0.3, 0.4) is 0 Å². The molecule has 1 aliphatic heterocycles. The third kappa shape index (κ3) is 3.13. The van der Waals surface area contributed by atoms with Crippen molar-refractivity contribution in [2.24, 2.45) is 5.92 Å². The minimum atomic E-state index is 0.828. The van der Waals surface area contributed by atoms with Crippen LogP contribution in [-0.2, 0) is 0 Å². The highest BCUT2D eigenvalue weighted by molar-refractivity contribution is 4.91. The summed E-state index contributed by atoms with van der Waals surface area (Å²) in [5.74, 6) is 0.968. The van der Waals surface area contributed by atoms with E-state index in [1.165, 1.54) is 57.9 Å². The van der Waals surface area contributed by atoms with Gasteiger partial charge in [0.05, 0.1) is 0 Å². The lowest BCUT2D eigenvalue weighted by Crippen LogP contribution is -2.30. The van der Waals surface area contributed by atoms with Crippen LogP contribution < -0.4 is 5.32 Å². The lowest BCUT2D eigenvalue weighted by Gasteiger charge is -2.24. The molecule has 2 atom stereocenters. The monoisotopic (exact) mass is 193 g/mol. The van der Waals surface area contributed by atoms with E-state index in [0.717, 1.165) is 12.0 Å². The van der Waals surface area contributed by atoms with E-state index >= 15 is 0 Å². The summed E-state index contributed by atoms with van der Waals surface area (Å²) in [4.78, 5) is 0. The number of hydrogen-bond acceptors (Lipinski definition) is 1. The Kier molecular flexibility index (Phi) is 4.05. The quantitative estimate of drug-likeness (QED) is 0.664. The fraction of sp³-hybridized carbons (Fsp3) is 0.846. The van der Waals surface area contributed by atoms with Crippen molar-refractivity contribution in [1.29, 1.82) is 0 Å². The second kappa shape index (κ2) is 5.55. The van der Waals surface area contributed by atoms with Crippen LogP contribution in [0.2, 0.25) is 0 Å². The van der Waals surface area contributed by atoms with Gasteiger partial charge in [-0.1, -0.05) is 25.0 Å². The molecule has 1 aliphatic carbocycles.